The van der Waals surface area contributed by atoms with E-state index >= 15 is 0 Å². The first-order chi connectivity index (χ1) is 8.91. The Morgan fingerprint density at radius 3 is 2.84 bits per heavy atom. The van der Waals surface area contributed by atoms with Gasteiger partial charge in [0.1, 0.15) is 5.69 Å². The summed E-state index contributed by atoms with van der Waals surface area (Å²) in [5.74, 6) is 0.200. The SMILES string of the molecule is CCS(=O)(=O)CCn1cc(N)c(-c2csc(Cl)c2)n1. The second-order valence-corrected chi connectivity index (χ2v) is 8.09. The van der Waals surface area contributed by atoms with Crippen LogP contribution >= 0.6 is 22.9 Å². The minimum absolute atomic E-state index is 0.0639. The van der Waals surface area contributed by atoms with Gasteiger partial charge in [-0.15, -0.1) is 11.3 Å². The Hall–Kier alpha value is -1.05. The molecule has 0 aliphatic carbocycles. The van der Waals surface area contributed by atoms with Crippen molar-refractivity contribution in [1.82, 2.24) is 9.78 Å². The predicted octanol–water partition coefficient (Wildman–Crippen LogP) is 2.28. The number of anilines is 1. The lowest BCUT2D eigenvalue weighted by molar-refractivity contribution is 0.582. The highest BCUT2D eigenvalue weighted by Crippen LogP contribution is 2.30. The molecule has 0 bridgehead atoms. The number of hydrogen-bond donors (Lipinski definition) is 1. The molecule has 2 rings (SSSR count). The molecule has 19 heavy (non-hydrogen) atoms. The third kappa shape index (κ3) is 3.49. The Morgan fingerprint density at radius 2 is 2.26 bits per heavy atom. The Balaban J connectivity index is 2.18. The number of nitrogens with two attached hydrogens (primary N) is 1. The number of nitrogen functional groups attached to an aromatic ring is 1. The molecule has 0 unspecified atom stereocenters. The molecule has 5 nitrogen and oxygen atoms in total. The Morgan fingerprint density at radius 1 is 1.53 bits per heavy atom. The summed E-state index contributed by atoms with van der Waals surface area (Å²) < 4.78 is 25.1. The van der Waals surface area contributed by atoms with Crippen molar-refractivity contribution in [3.63, 3.8) is 0 Å². The highest BCUT2D eigenvalue weighted by atomic mass is 35.5. The van der Waals surface area contributed by atoms with Gasteiger partial charge in [0.15, 0.2) is 9.84 Å². The van der Waals surface area contributed by atoms with Crippen LogP contribution in [0.15, 0.2) is 17.6 Å². The van der Waals surface area contributed by atoms with Crippen molar-refractivity contribution in [1.29, 1.82) is 0 Å². The van der Waals surface area contributed by atoms with Crippen molar-refractivity contribution < 1.29 is 8.42 Å². The number of hydrogen-bond acceptors (Lipinski definition) is 5. The molecular formula is C11H14ClN3O2S2. The molecule has 2 aromatic heterocycles. The molecule has 8 heteroatoms. The minimum Gasteiger partial charge on any atom is -0.396 e. The van der Waals surface area contributed by atoms with Crippen LogP contribution < -0.4 is 5.73 Å². The molecule has 0 aliphatic rings. The molecule has 104 valence electrons. The summed E-state index contributed by atoms with van der Waals surface area (Å²) in [5, 5.41) is 6.18. The van der Waals surface area contributed by atoms with E-state index in [2.05, 4.69) is 5.10 Å². The van der Waals surface area contributed by atoms with Gasteiger partial charge in [0, 0.05) is 22.9 Å². The van der Waals surface area contributed by atoms with Crippen LogP contribution in [0.3, 0.4) is 0 Å². The van der Waals surface area contributed by atoms with Crippen molar-refractivity contribution >= 4 is 38.5 Å². The summed E-state index contributed by atoms with van der Waals surface area (Å²) in [4.78, 5) is 0. The van der Waals surface area contributed by atoms with Crippen LogP contribution in [0.4, 0.5) is 5.69 Å². The fourth-order valence-electron chi connectivity index (χ4n) is 1.59. The van der Waals surface area contributed by atoms with E-state index in [1.165, 1.54) is 11.3 Å². The Bertz CT molecular complexity index is 676. The fourth-order valence-corrected chi connectivity index (χ4v) is 3.21. The van der Waals surface area contributed by atoms with E-state index in [0.717, 1.165) is 5.56 Å². The summed E-state index contributed by atoms with van der Waals surface area (Å²) in [6.07, 6.45) is 1.64. The maximum absolute atomic E-state index is 11.4. The maximum atomic E-state index is 11.4. The van der Waals surface area contributed by atoms with Crippen LogP contribution in [0.25, 0.3) is 11.3 Å². The summed E-state index contributed by atoms with van der Waals surface area (Å²) in [6, 6.07) is 1.79. The molecule has 0 saturated carbocycles. The van der Waals surface area contributed by atoms with Gasteiger partial charge in [0.05, 0.1) is 22.3 Å². The number of aryl methyl sites for hydroxylation is 1. The highest BCUT2D eigenvalue weighted by Gasteiger charge is 2.12. The standard InChI is InChI=1S/C11H14ClN3O2S2/c1-2-19(16,17)4-3-15-6-9(13)11(14-15)8-5-10(12)18-7-8/h5-7H,2-4,13H2,1H3. The summed E-state index contributed by atoms with van der Waals surface area (Å²) in [6.45, 7) is 1.93. The molecule has 0 radical (unpaired) electrons. The maximum Gasteiger partial charge on any atom is 0.151 e. The minimum atomic E-state index is -3.00. The number of aromatic nitrogens is 2. The topological polar surface area (TPSA) is 78.0 Å². The molecule has 0 atom stereocenters. The van der Waals surface area contributed by atoms with Crippen LogP contribution in [0.1, 0.15) is 6.92 Å². The first kappa shape index (κ1) is 14.4. The lowest BCUT2D eigenvalue weighted by atomic mass is 10.2. The number of halogens is 1. The van der Waals surface area contributed by atoms with Gasteiger partial charge in [-0.05, 0) is 6.07 Å². The van der Waals surface area contributed by atoms with E-state index in [1.807, 2.05) is 5.38 Å². The Labute approximate surface area is 120 Å². The predicted molar refractivity (Wildman–Crippen MR) is 79.3 cm³/mol. The Kier molecular flexibility index (Phi) is 4.17. The van der Waals surface area contributed by atoms with Gasteiger partial charge in [-0.2, -0.15) is 5.10 Å². The molecule has 0 spiro atoms. The van der Waals surface area contributed by atoms with Crippen molar-refractivity contribution in [2.45, 2.75) is 13.5 Å². The van der Waals surface area contributed by atoms with E-state index in [-0.39, 0.29) is 11.5 Å². The zero-order chi connectivity index (χ0) is 14.0. The van der Waals surface area contributed by atoms with Gasteiger partial charge in [-0.1, -0.05) is 18.5 Å². The van der Waals surface area contributed by atoms with E-state index in [0.29, 0.717) is 22.3 Å². The van der Waals surface area contributed by atoms with Crippen LogP contribution in [0.2, 0.25) is 4.34 Å². The molecular weight excluding hydrogens is 306 g/mol. The second kappa shape index (κ2) is 5.52. The average molecular weight is 320 g/mol. The van der Waals surface area contributed by atoms with E-state index in [4.69, 9.17) is 17.3 Å². The second-order valence-electron chi connectivity index (χ2n) is 4.07. The third-order valence-corrected chi connectivity index (χ3v) is 5.48. The monoisotopic (exact) mass is 319 g/mol. The number of nitrogens with zero attached hydrogens (tertiary/aromatic N) is 2. The average Bonchev–Trinajstić information content (AvgIpc) is 2.93. The van der Waals surface area contributed by atoms with Crippen molar-refractivity contribution in [2.24, 2.45) is 0 Å². The molecule has 2 heterocycles. The van der Waals surface area contributed by atoms with Gasteiger partial charge in [0.25, 0.3) is 0 Å². The summed E-state index contributed by atoms with van der Waals surface area (Å²) >= 11 is 7.28. The normalized spacial score (nSPS) is 11.9. The lowest BCUT2D eigenvalue weighted by Gasteiger charge is -2.01. The van der Waals surface area contributed by atoms with Gasteiger partial charge in [-0.3, -0.25) is 4.68 Å². The van der Waals surface area contributed by atoms with E-state index < -0.39 is 9.84 Å². The van der Waals surface area contributed by atoms with Gasteiger partial charge in [0.2, 0.25) is 0 Å². The molecule has 0 amide bonds. The number of sulfone groups is 1. The van der Waals surface area contributed by atoms with Gasteiger partial charge < -0.3 is 5.73 Å². The molecule has 2 aromatic rings. The van der Waals surface area contributed by atoms with E-state index in [9.17, 15) is 8.42 Å². The highest BCUT2D eigenvalue weighted by molar-refractivity contribution is 7.91. The van der Waals surface area contributed by atoms with Crippen LogP contribution in [-0.4, -0.2) is 29.7 Å². The first-order valence-electron chi connectivity index (χ1n) is 5.69. The quantitative estimate of drug-likeness (QED) is 0.917. The zero-order valence-corrected chi connectivity index (χ0v) is 12.7. The van der Waals surface area contributed by atoms with Crippen molar-refractivity contribution in [3.05, 3.63) is 22.0 Å². The number of thiophene rings is 1. The molecule has 0 saturated heterocycles. The number of rotatable bonds is 5. The van der Waals surface area contributed by atoms with Crippen LogP contribution in [-0.2, 0) is 16.4 Å². The van der Waals surface area contributed by atoms with Crippen molar-refractivity contribution in [2.75, 3.05) is 17.2 Å². The summed E-state index contributed by atoms with van der Waals surface area (Å²) in [5.41, 5.74) is 7.89. The van der Waals surface area contributed by atoms with Crippen LogP contribution in [0.5, 0.6) is 0 Å². The van der Waals surface area contributed by atoms with E-state index in [1.54, 1.807) is 23.9 Å². The first-order valence-corrected chi connectivity index (χ1v) is 8.77. The molecule has 2 N–H and O–H groups in total. The van der Waals surface area contributed by atoms with Crippen LogP contribution in [0, 0.1) is 0 Å². The van der Waals surface area contributed by atoms with Gasteiger partial charge in [-0.25, -0.2) is 8.42 Å². The largest absolute Gasteiger partial charge is 0.396 e. The summed E-state index contributed by atoms with van der Waals surface area (Å²) in [7, 11) is -3.00. The van der Waals surface area contributed by atoms with Crippen molar-refractivity contribution in [3.8, 4) is 11.3 Å². The van der Waals surface area contributed by atoms with Gasteiger partial charge >= 0.3 is 0 Å². The fraction of sp³-hybridized carbons (Fsp3) is 0.364. The lowest BCUT2D eigenvalue weighted by Crippen LogP contribution is -2.14. The molecule has 0 aliphatic heterocycles. The third-order valence-electron chi connectivity index (χ3n) is 2.70. The zero-order valence-electron chi connectivity index (χ0n) is 10.3. The molecule has 0 fully saturated rings. The smallest absolute Gasteiger partial charge is 0.151 e. The molecule has 0 aromatic carbocycles.